The Bertz CT molecular complexity index is 1230. The summed E-state index contributed by atoms with van der Waals surface area (Å²) >= 11 is 1.32. The summed E-state index contributed by atoms with van der Waals surface area (Å²) in [4.78, 5) is 85.7. The Morgan fingerprint density at radius 3 is 1.40 bits per heavy atom. The van der Waals surface area contributed by atoms with Gasteiger partial charge in [-0.25, -0.2) is 0 Å². The molecule has 0 amide bonds. The summed E-state index contributed by atoms with van der Waals surface area (Å²) in [6.07, 6.45) is -6.92. The van der Waals surface area contributed by atoms with Crippen LogP contribution in [0.5, 0.6) is 0 Å². The van der Waals surface area contributed by atoms with Gasteiger partial charge in [-0.1, -0.05) is 39.0 Å². The molecule has 2 heterocycles. The summed E-state index contributed by atoms with van der Waals surface area (Å²) in [6.45, 7) is 8.97. The highest BCUT2D eigenvalue weighted by molar-refractivity contribution is 7.99. The average molecular weight is 765 g/mol. The van der Waals surface area contributed by atoms with Gasteiger partial charge < -0.3 is 47.4 Å². The summed E-state index contributed by atoms with van der Waals surface area (Å²) in [5, 5.41) is 0. The van der Waals surface area contributed by atoms with Crippen molar-refractivity contribution < 1.29 is 80.9 Å². The molecule has 10 atom stereocenters. The summed E-state index contributed by atoms with van der Waals surface area (Å²) in [7, 11) is 0. The number of rotatable bonds is 19. The standard InChI is InChI=1S/C34H52O17S/c1-9-10-11-12-13-14-15-52-34-32(48-24(8)41)30(46-22(6)39)28(26(50-34)17-43-19(3)36)51-33-31(47-23(7)40)29(45-21(5)38)27(44-20(4)37)25(49-33)16-42-18(2)35/h25-34H,9-17H2,1-8H3/t25-,26-,27+,28-,29+,30+,31-,32-,33+,34+/m1/s1. The lowest BCUT2D eigenvalue weighted by Crippen LogP contribution is -2.66. The van der Waals surface area contributed by atoms with Crippen LogP contribution in [0, 0.1) is 0 Å². The molecule has 0 aromatic heterocycles. The maximum atomic E-state index is 12.6. The van der Waals surface area contributed by atoms with Crippen LogP contribution in [0.25, 0.3) is 0 Å². The molecule has 2 fully saturated rings. The molecule has 0 spiro atoms. The lowest BCUT2D eigenvalue weighted by atomic mass is 9.96. The van der Waals surface area contributed by atoms with E-state index in [1.54, 1.807) is 0 Å². The first-order valence-electron chi connectivity index (χ1n) is 17.2. The third kappa shape index (κ3) is 15.2. The van der Waals surface area contributed by atoms with Crippen LogP contribution in [-0.4, -0.2) is 121 Å². The fourth-order valence-corrected chi connectivity index (χ4v) is 6.91. The van der Waals surface area contributed by atoms with Crippen molar-refractivity contribution in [2.24, 2.45) is 0 Å². The number of hydrogen-bond donors (Lipinski definition) is 0. The van der Waals surface area contributed by atoms with E-state index in [4.69, 9.17) is 47.4 Å². The van der Waals surface area contributed by atoms with Gasteiger partial charge in [-0.3, -0.25) is 33.6 Å². The quantitative estimate of drug-likeness (QED) is 0.105. The number of thioether (sulfide) groups is 1. The molecule has 2 rings (SSSR count). The minimum absolute atomic E-state index is 0.427. The molecular weight excluding hydrogens is 712 g/mol. The summed E-state index contributed by atoms with van der Waals surface area (Å²) in [6, 6.07) is 0. The molecule has 0 aromatic rings. The maximum absolute atomic E-state index is 12.6. The lowest BCUT2D eigenvalue weighted by molar-refractivity contribution is -0.341. The van der Waals surface area contributed by atoms with E-state index < -0.39 is 116 Å². The first-order valence-corrected chi connectivity index (χ1v) is 18.3. The van der Waals surface area contributed by atoms with Crippen LogP contribution in [0.1, 0.15) is 93.9 Å². The molecule has 0 saturated carbocycles. The third-order valence-electron chi connectivity index (χ3n) is 7.67. The van der Waals surface area contributed by atoms with Crippen molar-refractivity contribution in [2.75, 3.05) is 19.0 Å². The monoisotopic (exact) mass is 764 g/mol. The zero-order valence-electron chi connectivity index (χ0n) is 31.0. The van der Waals surface area contributed by atoms with E-state index in [1.165, 1.54) is 25.6 Å². The molecule has 2 saturated heterocycles. The Morgan fingerprint density at radius 2 is 0.904 bits per heavy atom. The Hall–Kier alpha value is -3.48. The van der Waals surface area contributed by atoms with E-state index in [0.717, 1.165) is 73.1 Å². The van der Waals surface area contributed by atoms with Crippen molar-refractivity contribution in [3.8, 4) is 0 Å². The summed E-state index contributed by atoms with van der Waals surface area (Å²) < 4.78 is 57.1. The van der Waals surface area contributed by atoms with E-state index in [2.05, 4.69) is 6.92 Å². The molecule has 0 bridgehead atoms. The van der Waals surface area contributed by atoms with Crippen LogP contribution in [0.2, 0.25) is 0 Å². The molecule has 0 unspecified atom stereocenters. The highest BCUT2D eigenvalue weighted by Crippen LogP contribution is 2.38. The van der Waals surface area contributed by atoms with Crippen molar-refractivity contribution in [1.82, 2.24) is 0 Å². The molecule has 18 heteroatoms. The summed E-state index contributed by atoms with van der Waals surface area (Å²) in [5.41, 5.74) is -0.917. The van der Waals surface area contributed by atoms with Gasteiger partial charge in [-0.05, 0) is 12.2 Å². The van der Waals surface area contributed by atoms with Gasteiger partial charge in [-0.15, -0.1) is 11.8 Å². The van der Waals surface area contributed by atoms with Crippen molar-refractivity contribution in [2.45, 2.75) is 154 Å². The normalized spacial score (nSPS) is 28.5. The first kappa shape index (κ1) is 44.7. The molecule has 296 valence electrons. The van der Waals surface area contributed by atoms with Gasteiger partial charge in [0.05, 0.1) is 0 Å². The number of carbonyl (C=O) groups is 7. The van der Waals surface area contributed by atoms with Crippen molar-refractivity contribution in [1.29, 1.82) is 0 Å². The Balaban J connectivity index is 2.62. The fraction of sp³-hybridized carbons (Fsp3) is 0.794. The van der Waals surface area contributed by atoms with Crippen LogP contribution in [0.15, 0.2) is 0 Å². The smallest absolute Gasteiger partial charge is 0.303 e. The van der Waals surface area contributed by atoms with Crippen LogP contribution >= 0.6 is 11.8 Å². The average Bonchev–Trinajstić information content (AvgIpc) is 3.02. The predicted octanol–water partition coefficient (Wildman–Crippen LogP) is 2.70. The van der Waals surface area contributed by atoms with E-state index in [0.29, 0.717) is 5.75 Å². The van der Waals surface area contributed by atoms with Gasteiger partial charge in [0.15, 0.2) is 36.8 Å². The minimum atomic E-state index is -1.72. The molecule has 0 aromatic carbocycles. The molecule has 2 aliphatic heterocycles. The van der Waals surface area contributed by atoms with Crippen molar-refractivity contribution in [3.05, 3.63) is 0 Å². The first-order chi connectivity index (χ1) is 24.5. The molecular formula is C34H52O17S. The molecule has 0 radical (unpaired) electrons. The van der Waals surface area contributed by atoms with Gasteiger partial charge in [-0.2, -0.15) is 0 Å². The van der Waals surface area contributed by atoms with Crippen LogP contribution < -0.4 is 0 Å². The second-order valence-corrected chi connectivity index (χ2v) is 13.5. The number of carbonyl (C=O) groups excluding carboxylic acids is 7. The second kappa shape index (κ2) is 22.6. The Kier molecular flexibility index (Phi) is 19.4. The molecule has 0 N–H and O–H groups in total. The Morgan fingerprint density at radius 1 is 0.481 bits per heavy atom. The zero-order chi connectivity index (χ0) is 39.0. The van der Waals surface area contributed by atoms with Crippen molar-refractivity contribution >= 4 is 53.5 Å². The van der Waals surface area contributed by atoms with Gasteiger partial charge in [0.25, 0.3) is 0 Å². The fourth-order valence-electron chi connectivity index (χ4n) is 5.69. The van der Waals surface area contributed by atoms with Crippen LogP contribution in [-0.2, 0) is 80.9 Å². The minimum Gasteiger partial charge on any atom is -0.463 e. The van der Waals surface area contributed by atoms with Gasteiger partial charge >= 0.3 is 41.8 Å². The van der Waals surface area contributed by atoms with Crippen molar-refractivity contribution in [3.63, 3.8) is 0 Å². The molecule has 2 aliphatic rings. The number of esters is 7. The molecule has 52 heavy (non-hydrogen) atoms. The molecule has 0 aliphatic carbocycles. The third-order valence-corrected chi connectivity index (χ3v) is 8.90. The van der Waals surface area contributed by atoms with Gasteiger partial charge in [0, 0.05) is 48.5 Å². The lowest BCUT2D eigenvalue weighted by Gasteiger charge is -2.48. The maximum Gasteiger partial charge on any atom is 0.303 e. The topological polar surface area (TPSA) is 212 Å². The van der Waals surface area contributed by atoms with Crippen LogP contribution in [0.4, 0.5) is 0 Å². The van der Waals surface area contributed by atoms with Gasteiger partial charge in [0.2, 0.25) is 0 Å². The number of hydrogen-bond acceptors (Lipinski definition) is 18. The van der Waals surface area contributed by atoms with E-state index in [-0.39, 0.29) is 0 Å². The number of unbranched alkanes of at least 4 members (excludes halogenated alkanes) is 5. The SMILES string of the molecule is CCCCCCCCS[C@@H]1O[C@H](COC(C)=O)[C@@H](O[C@@H]2O[C@H](COC(C)=O)[C@H](OC(C)=O)[C@H](OC(C)=O)[C@H]2OC(C)=O)[C@H](OC(C)=O)[C@H]1OC(C)=O. The van der Waals surface area contributed by atoms with E-state index in [1.807, 2.05) is 0 Å². The molecule has 17 nitrogen and oxygen atoms in total. The van der Waals surface area contributed by atoms with E-state index in [9.17, 15) is 33.6 Å². The van der Waals surface area contributed by atoms with E-state index >= 15 is 0 Å². The van der Waals surface area contributed by atoms with Crippen LogP contribution in [0.3, 0.4) is 0 Å². The highest BCUT2D eigenvalue weighted by Gasteiger charge is 2.57. The predicted molar refractivity (Wildman–Crippen MR) is 179 cm³/mol. The second-order valence-electron chi connectivity index (χ2n) is 12.3. The largest absolute Gasteiger partial charge is 0.463 e. The Labute approximate surface area is 307 Å². The van der Waals surface area contributed by atoms with Gasteiger partial charge in [0.1, 0.15) is 37.0 Å². The summed E-state index contributed by atoms with van der Waals surface area (Å²) in [5.74, 6) is -4.88. The number of ether oxygens (including phenoxy) is 10. The zero-order valence-corrected chi connectivity index (χ0v) is 31.8. The highest BCUT2D eigenvalue weighted by atomic mass is 32.2.